The van der Waals surface area contributed by atoms with Crippen molar-refractivity contribution in [2.24, 2.45) is 5.41 Å². The summed E-state index contributed by atoms with van der Waals surface area (Å²) < 4.78 is 1.91. The number of hydrogen-bond acceptors (Lipinski definition) is 3. The summed E-state index contributed by atoms with van der Waals surface area (Å²) in [5.74, 6) is 0.0605. The van der Waals surface area contributed by atoms with Crippen molar-refractivity contribution in [1.29, 1.82) is 0 Å². The second-order valence-corrected chi connectivity index (χ2v) is 5.87. The average molecular weight is 273 g/mol. The van der Waals surface area contributed by atoms with Crippen LogP contribution >= 0.6 is 0 Å². The molecular weight excluding hydrogens is 254 g/mol. The molecule has 0 atom stereocenters. The van der Waals surface area contributed by atoms with Gasteiger partial charge in [-0.2, -0.15) is 0 Å². The summed E-state index contributed by atoms with van der Waals surface area (Å²) >= 11 is 0. The third kappa shape index (κ3) is 2.17. The summed E-state index contributed by atoms with van der Waals surface area (Å²) in [6.45, 7) is 2.01. The van der Waals surface area contributed by atoms with Crippen molar-refractivity contribution in [3.05, 3.63) is 29.7 Å². The van der Waals surface area contributed by atoms with Crippen LogP contribution in [0.25, 0.3) is 5.65 Å². The Kier molecular flexibility index (Phi) is 3.20. The van der Waals surface area contributed by atoms with Crippen molar-refractivity contribution in [2.45, 2.75) is 45.4 Å². The van der Waals surface area contributed by atoms with E-state index < -0.39 is 11.4 Å². The zero-order valence-corrected chi connectivity index (χ0v) is 11.7. The predicted molar refractivity (Wildman–Crippen MR) is 74.6 cm³/mol. The largest absolute Gasteiger partial charge is 0.481 e. The molecule has 2 aromatic rings. The van der Waals surface area contributed by atoms with Gasteiger partial charge in [-0.25, -0.2) is 0 Å². The lowest BCUT2D eigenvalue weighted by atomic mass is 9.71. The zero-order chi connectivity index (χ0) is 14.2. The normalized spacial score (nSPS) is 18.2. The van der Waals surface area contributed by atoms with Gasteiger partial charge in [0.05, 0.1) is 5.41 Å². The maximum absolute atomic E-state index is 11.7. The molecule has 0 saturated heterocycles. The maximum Gasteiger partial charge on any atom is 0.310 e. The molecular formula is C15H19N3O2. The van der Waals surface area contributed by atoms with E-state index in [0.29, 0.717) is 6.42 Å². The number of pyridine rings is 1. The van der Waals surface area contributed by atoms with Crippen molar-refractivity contribution in [2.75, 3.05) is 0 Å². The van der Waals surface area contributed by atoms with Gasteiger partial charge in [0.2, 0.25) is 0 Å². The fraction of sp³-hybridized carbons (Fsp3) is 0.533. The van der Waals surface area contributed by atoms with Gasteiger partial charge in [-0.3, -0.25) is 9.20 Å². The maximum atomic E-state index is 11.7. The number of nitrogens with zero attached hydrogens (tertiary/aromatic N) is 3. The van der Waals surface area contributed by atoms with Gasteiger partial charge < -0.3 is 5.11 Å². The quantitative estimate of drug-likeness (QED) is 0.933. The van der Waals surface area contributed by atoms with Crippen LogP contribution in [-0.2, 0) is 11.2 Å². The first-order valence-corrected chi connectivity index (χ1v) is 7.14. The highest BCUT2D eigenvalue weighted by molar-refractivity contribution is 5.75. The summed E-state index contributed by atoms with van der Waals surface area (Å²) in [4.78, 5) is 11.7. The third-order valence-corrected chi connectivity index (χ3v) is 4.40. The summed E-state index contributed by atoms with van der Waals surface area (Å²) in [6, 6.07) is 3.96. The first kappa shape index (κ1) is 13.1. The first-order chi connectivity index (χ1) is 9.61. The molecule has 1 fully saturated rings. The fourth-order valence-electron chi connectivity index (χ4n) is 3.16. The van der Waals surface area contributed by atoms with Gasteiger partial charge in [0.15, 0.2) is 5.65 Å². The highest BCUT2D eigenvalue weighted by atomic mass is 16.4. The first-order valence-electron chi connectivity index (χ1n) is 7.14. The number of carboxylic acids is 1. The van der Waals surface area contributed by atoms with Gasteiger partial charge >= 0.3 is 5.97 Å². The lowest BCUT2D eigenvalue weighted by Gasteiger charge is -2.32. The number of rotatable bonds is 3. The Morgan fingerprint density at radius 3 is 2.80 bits per heavy atom. The Morgan fingerprint density at radius 1 is 1.35 bits per heavy atom. The number of aliphatic carboxylic acids is 1. The van der Waals surface area contributed by atoms with Crippen LogP contribution in [-0.4, -0.2) is 25.7 Å². The molecule has 5 nitrogen and oxygen atoms in total. The molecule has 1 N–H and O–H groups in total. The number of fused-ring (bicyclic) bond motifs is 1. The standard InChI is InChI=1S/C15H19N3O2/c1-11-5-8-18-12(9-11)16-17-13(18)10-15(14(19)20)6-3-2-4-7-15/h5,8-9H,2-4,6-7,10H2,1H3,(H,19,20). The molecule has 0 bridgehead atoms. The molecule has 0 amide bonds. The highest BCUT2D eigenvalue weighted by Gasteiger charge is 2.40. The SMILES string of the molecule is Cc1ccn2c(CC3(C(=O)O)CCCCC3)nnc2c1. The molecule has 0 aliphatic heterocycles. The number of carbonyl (C=O) groups is 1. The summed E-state index contributed by atoms with van der Waals surface area (Å²) in [5, 5.41) is 18.0. The molecule has 3 rings (SSSR count). The van der Waals surface area contributed by atoms with Crippen LogP contribution in [0.5, 0.6) is 0 Å². The smallest absolute Gasteiger partial charge is 0.310 e. The molecule has 0 spiro atoms. The summed E-state index contributed by atoms with van der Waals surface area (Å²) in [5.41, 5.74) is 1.25. The Balaban J connectivity index is 1.96. The van der Waals surface area contributed by atoms with Gasteiger partial charge in [0.25, 0.3) is 0 Å². The van der Waals surface area contributed by atoms with Crippen LogP contribution in [0.4, 0.5) is 0 Å². The van der Waals surface area contributed by atoms with E-state index in [-0.39, 0.29) is 0 Å². The molecule has 1 aliphatic carbocycles. The van der Waals surface area contributed by atoms with Crippen molar-refractivity contribution >= 4 is 11.6 Å². The number of aryl methyl sites for hydroxylation is 1. The van der Waals surface area contributed by atoms with E-state index in [1.807, 2.05) is 29.7 Å². The van der Waals surface area contributed by atoms with Crippen LogP contribution < -0.4 is 0 Å². The van der Waals surface area contributed by atoms with Crippen LogP contribution in [0.3, 0.4) is 0 Å². The van der Waals surface area contributed by atoms with Crippen molar-refractivity contribution in [1.82, 2.24) is 14.6 Å². The van der Waals surface area contributed by atoms with Gasteiger partial charge in [-0.05, 0) is 37.5 Å². The van der Waals surface area contributed by atoms with E-state index in [1.54, 1.807) is 0 Å². The molecule has 106 valence electrons. The minimum Gasteiger partial charge on any atom is -0.481 e. The van der Waals surface area contributed by atoms with Crippen LogP contribution in [0.15, 0.2) is 18.3 Å². The topological polar surface area (TPSA) is 67.5 Å². The Morgan fingerprint density at radius 2 is 2.10 bits per heavy atom. The van der Waals surface area contributed by atoms with Gasteiger partial charge in [-0.1, -0.05) is 19.3 Å². The molecule has 2 heterocycles. The minimum atomic E-state index is -0.693. The Hall–Kier alpha value is -1.91. The lowest BCUT2D eigenvalue weighted by Crippen LogP contribution is -2.36. The Bertz CT molecular complexity index is 642. The van der Waals surface area contributed by atoms with Crippen molar-refractivity contribution < 1.29 is 9.90 Å². The third-order valence-electron chi connectivity index (χ3n) is 4.40. The van der Waals surface area contributed by atoms with E-state index in [9.17, 15) is 9.90 Å². The number of carboxylic acid groups (broad SMARTS) is 1. The van der Waals surface area contributed by atoms with Crippen molar-refractivity contribution in [3.63, 3.8) is 0 Å². The van der Waals surface area contributed by atoms with Gasteiger partial charge in [-0.15, -0.1) is 10.2 Å². The van der Waals surface area contributed by atoms with Crippen LogP contribution in [0, 0.1) is 12.3 Å². The summed E-state index contributed by atoms with van der Waals surface area (Å²) in [6.07, 6.45) is 6.98. The van der Waals surface area contributed by atoms with Crippen molar-refractivity contribution in [3.8, 4) is 0 Å². The monoisotopic (exact) mass is 273 g/mol. The molecule has 2 aromatic heterocycles. The number of aromatic nitrogens is 3. The second kappa shape index (κ2) is 4.89. The van der Waals surface area contributed by atoms with Crippen LogP contribution in [0.2, 0.25) is 0 Å². The van der Waals surface area contributed by atoms with Gasteiger partial charge in [0.1, 0.15) is 5.82 Å². The molecule has 0 radical (unpaired) electrons. The molecule has 0 aromatic carbocycles. The fourth-order valence-corrected chi connectivity index (χ4v) is 3.16. The average Bonchev–Trinajstić information content (AvgIpc) is 2.82. The lowest BCUT2D eigenvalue weighted by molar-refractivity contribution is -0.151. The van der Waals surface area contributed by atoms with Crippen LogP contribution in [0.1, 0.15) is 43.5 Å². The molecule has 20 heavy (non-hydrogen) atoms. The van der Waals surface area contributed by atoms with Gasteiger partial charge in [0, 0.05) is 12.6 Å². The molecule has 0 unspecified atom stereocenters. The van der Waals surface area contributed by atoms with E-state index in [0.717, 1.165) is 49.1 Å². The van der Waals surface area contributed by atoms with E-state index in [2.05, 4.69) is 10.2 Å². The van der Waals surface area contributed by atoms with E-state index in [4.69, 9.17) is 0 Å². The summed E-state index contributed by atoms with van der Waals surface area (Å²) in [7, 11) is 0. The second-order valence-electron chi connectivity index (χ2n) is 5.87. The van der Waals surface area contributed by atoms with E-state index >= 15 is 0 Å². The molecule has 5 heteroatoms. The predicted octanol–water partition coefficient (Wildman–Crippen LogP) is 2.62. The minimum absolute atomic E-state index is 0.465. The van der Waals surface area contributed by atoms with E-state index in [1.165, 1.54) is 0 Å². The molecule has 1 aliphatic rings. The number of hydrogen-bond donors (Lipinski definition) is 1. The Labute approximate surface area is 117 Å². The molecule has 1 saturated carbocycles. The zero-order valence-electron chi connectivity index (χ0n) is 11.7. The highest BCUT2D eigenvalue weighted by Crippen LogP contribution is 2.39.